The standard InChI is InChI=1S/C15H19N3O/c16-9-14-15(18-10-17-14)11-5-7-13(8-6-11)19-12-3-1-2-4-12/h5-8,10,12H,1-4,9,16H2,(H,17,18). The van der Waals surface area contributed by atoms with Crippen LogP contribution in [0.3, 0.4) is 0 Å². The van der Waals surface area contributed by atoms with Gasteiger partial charge in [0.05, 0.1) is 23.8 Å². The Kier molecular flexibility index (Phi) is 3.51. The number of hydrogen-bond donors (Lipinski definition) is 2. The minimum absolute atomic E-state index is 0.399. The average Bonchev–Trinajstić information content (AvgIpc) is 3.10. The molecule has 2 aromatic rings. The third-order valence-electron chi connectivity index (χ3n) is 3.66. The van der Waals surface area contributed by atoms with E-state index in [2.05, 4.69) is 9.97 Å². The molecule has 1 aliphatic carbocycles. The van der Waals surface area contributed by atoms with Crippen molar-refractivity contribution in [1.82, 2.24) is 9.97 Å². The van der Waals surface area contributed by atoms with Crippen LogP contribution in [-0.4, -0.2) is 16.1 Å². The fraction of sp³-hybridized carbons (Fsp3) is 0.400. The topological polar surface area (TPSA) is 63.9 Å². The molecule has 1 heterocycles. The molecule has 0 unspecified atom stereocenters. The fourth-order valence-electron chi connectivity index (χ4n) is 2.62. The van der Waals surface area contributed by atoms with Crippen LogP contribution >= 0.6 is 0 Å². The molecule has 1 aliphatic rings. The SMILES string of the molecule is NCc1[nH]cnc1-c1ccc(OC2CCCC2)cc1. The van der Waals surface area contributed by atoms with Gasteiger partial charge in [-0.25, -0.2) is 4.98 Å². The highest BCUT2D eigenvalue weighted by molar-refractivity contribution is 5.62. The van der Waals surface area contributed by atoms with Crippen LogP contribution in [0, 0.1) is 0 Å². The van der Waals surface area contributed by atoms with Gasteiger partial charge >= 0.3 is 0 Å². The number of imidazole rings is 1. The number of nitrogens with zero attached hydrogens (tertiary/aromatic N) is 1. The van der Waals surface area contributed by atoms with E-state index in [9.17, 15) is 0 Å². The number of H-pyrrole nitrogens is 1. The number of nitrogens with one attached hydrogen (secondary N) is 1. The predicted molar refractivity (Wildman–Crippen MR) is 74.8 cm³/mol. The van der Waals surface area contributed by atoms with Gasteiger partial charge in [0.1, 0.15) is 5.75 Å². The van der Waals surface area contributed by atoms with Crippen LogP contribution in [0.5, 0.6) is 5.75 Å². The second kappa shape index (κ2) is 5.45. The molecule has 3 rings (SSSR count). The number of benzene rings is 1. The maximum atomic E-state index is 5.95. The molecule has 1 fully saturated rings. The van der Waals surface area contributed by atoms with Crippen molar-refractivity contribution in [3.63, 3.8) is 0 Å². The van der Waals surface area contributed by atoms with Crippen molar-refractivity contribution >= 4 is 0 Å². The zero-order chi connectivity index (χ0) is 13.1. The first-order valence-electron chi connectivity index (χ1n) is 6.86. The smallest absolute Gasteiger partial charge is 0.119 e. The molecule has 4 nitrogen and oxygen atoms in total. The molecule has 1 aromatic carbocycles. The quantitative estimate of drug-likeness (QED) is 0.885. The van der Waals surface area contributed by atoms with Crippen molar-refractivity contribution in [1.29, 1.82) is 0 Å². The molecular formula is C15H19N3O. The van der Waals surface area contributed by atoms with Gasteiger partial charge in [-0.2, -0.15) is 0 Å². The molecule has 0 saturated heterocycles. The van der Waals surface area contributed by atoms with E-state index in [4.69, 9.17) is 10.5 Å². The summed E-state index contributed by atoms with van der Waals surface area (Å²) in [5.74, 6) is 0.945. The van der Waals surface area contributed by atoms with Gasteiger partial charge in [-0.05, 0) is 49.9 Å². The molecule has 0 atom stereocenters. The summed E-state index contributed by atoms with van der Waals surface area (Å²) in [4.78, 5) is 7.37. The van der Waals surface area contributed by atoms with E-state index in [1.165, 1.54) is 25.7 Å². The lowest BCUT2D eigenvalue weighted by Crippen LogP contribution is -2.10. The van der Waals surface area contributed by atoms with Crippen molar-refractivity contribution in [3.05, 3.63) is 36.3 Å². The fourth-order valence-corrected chi connectivity index (χ4v) is 2.62. The van der Waals surface area contributed by atoms with E-state index in [1.807, 2.05) is 24.3 Å². The Morgan fingerprint density at radius 2 is 1.95 bits per heavy atom. The van der Waals surface area contributed by atoms with E-state index in [0.717, 1.165) is 22.7 Å². The Bertz CT molecular complexity index is 527. The van der Waals surface area contributed by atoms with Crippen LogP contribution < -0.4 is 10.5 Å². The van der Waals surface area contributed by atoms with Crippen molar-refractivity contribution in [3.8, 4) is 17.0 Å². The largest absolute Gasteiger partial charge is 0.490 e. The molecule has 1 aromatic heterocycles. The molecule has 0 amide bonds. The monoisotopic (exact) mass is 257 g/mol. The maximum Gasteiger partial charge on any atom is 0.119 e. The van der Waals surface area contributed by atoms with E-state index < -0.39 is 0 Å². The van der Waals surface area contributed by atoms with Gasteiger partial charge < -0.3 is 15.5 Å². The second-order valence-corrected chi connectivity index (χ2v) is 4.98. The predicted octanol–water partition coefficient (Wildman–Crippen LogP) is 2.86. The van der Waals surface area contributed by atoms with Gasteiger partial charge in [-0.3, -0.25) is 0 Å². The molecule has 0 spiro atoms. The zero-order valence-corrected chi connectivity index (χ0v) is 10.9. The van der Waals surface area contributed by atoms with Crippen LogP contribution in [0.2, 0.25) is 0 Å². The Labute approximate surface area is 113 Å². The molecule has 0 bridgehead atoms. The third-order valence-corrected chi connectivity index (χ3v) is 3.66. The van der Waals surface area contributed by atoms with Gasteiger partial charge in [-0.15, -0.1) is 0 Å². The zero-order valence-electron chi connectivity index (χ0n) is 10.9. The summed E-state index contributed by atoms with van der Waals surface area (Å²) >= 11 is 0. The summed E-state index contributed by atoms with van der Waals surface area (Å²) in [6.45, 7) is 0.468. The van der Waals surface area contributed by atoms with Gasteiger partial charge in [0.15, 0.2) is 0 Å². The second-order valence-electron chi connectivity index (χ2n) is 4.98. The molecule has 100 valence electrons. The number of rotatable bonds is 4. The van der Waals surface area contributed by atoms with Gasteiger partial charge in [0, 0.05) is 12.1 Å². The van der Waals surface area contributed by atoms with Crippen LogP contribution in [0.25, 0.3) is 11.3 Å². The van der Waals surface area contributed by atoms with Crippen LogP contribution in [0.4, 0.5) is 0 Å². The molecular weight excluding hydrogens is 238 g/mol. The number of hydrogen-bond acceptors (Lipinski definition) is 3. The minimum atomic E-state index is 0.399. The third kappa shape index (κ3) is 2.63. The summed E-state index contributed by atoms with van der Waals surface area (Å²) < 4.78 is 5.95. The molecule has 3 N–H and O–H groups in total. The highest BCUT2D eigenvalue weighted by Crippen LogP contribution is 2.27. The maximum absolute atomic E-state index is 5.95. The highest BCUT2D eigenvalue weighted by Gasteiger charge is 2.16. The van der Waals surface area contributed by atoms with Crippen molar-refractivity contribution < 1.29 is 4.74 Å². The Morgan fingerprint density at radius 1 is 1.21 bits per heavy atom. The Morgan fingerprint density at radius 3 is 2.63 bits per heavy atom. The molecule has 0 aliphatic heterocycles. The number of aromatic nitrogens is 2. The summed E-state index contributed by atoms with van der Waals surface area (Å²) in [5.41, 5.74) is 8.63. The van der Waals surface area contributed by atoms with Crippen LogP contribution in [0.15, 0.2) is 30.6 Å². The first-order chi connectivity index (χ1) is 9.36. The van der Waals surface area contributed by atoms with E-state index in [0.29, 0.717) is 12.6 Å². The molecule has 1 saturated carbocycles. The minimum Gasteiger partial charge on any atom is -0.490 e. The van der Waals surface area contributed by atoms with E-state index >= 15 is 0 Å². The first-order valence-corrected chi connectivity index (χ1v) is 6.86. The molecule has 0 radical (unpaired) electrons. The summed E-state index contributed by atoms with van der Waals surface area (Å²) in [5, 5.41) is 0. The number of nitrogens with two attached hydrogens (primary N) is 1. The number of ether oxygens (including phenoxy) is 1. The summed E-state index contributed by atoms with van der Waals surface area (Å²) in [6, 6.07) is 8.12. The van der Waals surface area contributed by atoms with Crippen molar-refractivity contribution in [2.24, 2.45) is 5.73 Å². The van der Waals surface area contributed by atoms with Crippen molar-refractivity contribution in [2.75, 3.05) is 0 Å². The van der Waals surface area contributed by atoms with Crippen molar-refractivity contribution in [2.45, 2.75) is 38.3 Å². The summed E-state index contributed by atoms with van der Waals surface area (Å²) in [7, 11) is 0. The lowest BCUT2D eigenvalue weighted by atomic mass is 10.1. The van der Waals surface area contributed by atoms with Gasteiger partial charge in [0.25, 0.3) is 0 Å². The first kappa shape index (κ1) is 12.2. The van der Waals surface area contributed by atoms with Gasteiger partial charge in [-0.1, -0.05) is 0 Å². The molecule has 4 heteroatoms. The highest BCUT2D eigenvalue weighted by atomic mass is 16.5. The Hall–Kier alpha value is -1.81. The molecule has 19 heavy (non-hydrogen) atoms. The lowest BCUT2D eigenvalue weighted by molar-refractivity contribution is 0.210. The van der Waals surface area contributed by atoms with E-state index in [1.54, 1.807) is 6.33 Å². The van der Waals surface area contributed by atoms with Crippen LogP contribution in [0.1, 0.15) is 31.4 Å². The summed E-state index contributed by atoms with van der Waals surface area (Å²) in [6.07, 6.45) is 7.01. The normalized spacial score (nSPS) is 15.8. The van der Waals surface area contributed by atoms with Gasteiger partial charge in [0.2, 0.25) is 0 Å². The lowest BCUT2D eigenvalue weighted by Gasteiger charge is -2.13. The number of aromatic amines is 1. The van der Waals surface area contributed by atoms with E-state index in [-0.39, 0.29) is 0 Å². The average molecular weight is 257 g/mol. The van der Waals surface area contributed by atoms with Crippen LogP contribution in [-0.2, 0) is 6.54 Å². The Balaban J connectivity index is 1.75.